The highest BCUT2D eigenvalue weighted by Gasteiger charge is 2.30. The van der Waals surface area contributed by atoms with E-state index in [1.54, 1.807) is 6.92 Å². The molecule has 1 aromatic heterocycles. The highest BCUT2D eigenvalue weighted by atomic mass is 32.2. The van der Waals surface area contributed by atoms with Gasteiger partial charge in [-0.15, -0.1) is 11.3 Å². The molecule has 9 heteroatoms. The number of thiophene rings is 1. The zero-order valence-corrected chi connectivity index (χ0v) is 12.3. The monoisotopic (exact) mass is 318 g/mol. The van der Waals surface area contributed by atoms with Crippen molar-refractivity contribution >= 4 is 33.2 Å². The standard InChI is InChI=1S/C11H14N2O5S2/c1-6-5-19-9(11(15)16)10(6)20(17,18)13-7-2-3-8(14)12-4-7/h5,7,13H,2-4H2,1H3,(H,12,14)(H,15,16). The van der Waals surface area contributed by atoms with E-state index in [-0.39, 0.29) is 28.6 Å². The molecule has 1 unspecified atom stereocenters. The second-order valence-electron chi connectivity index (χ2n) is 4.54. The van der Waals surface area contributed by atoms with Crippen molar-refractivity contribution in [2.45, 2.75) is 30.7 Å². The van der Waals surface area contributed by atoms with E-state index < -0.39 is 22.0 Å². The minimum absolute atomic E-state index is 0.113. The van der Waals surface area contributed by atoms with Gasteiger partial charge >= 0.3 is 5.97 Å². The number of carbonyl (C=O) groups excluding carboxylic acids is 1. The summed E-state index contributed by atoms with van der Waals surface area (Å²) in [6, 6.07) is -0.418. The maximum atomic E-state index is 12.3. The van der Waals surface area contributed by atoms with Crippen molar-refractivity contribution in [3.05, 3.63) is 15.8 Å². The molecule has 0 aliphatic carbocycles. The number of carbonyl (C=O) groups is 2. The molecular weight excluding hydrogens is 304 g/mol. The van der Waals surface area contributed by atoms with Gasteiger partial charge in [0.2, 0.25) is 15.9 Å². The van der Waals surface area contributed by atoms with E-state index in [0.717, 1.165) is 11.3 Å². The summed E-state index contributed by atoms with van der Waals surface area (Å²) >= 11 is 0.885. The Morgan fingerprint density at radius 1 is 1.55 bits per heavy atom. The maximum Gasteiger partial charge on any atom is 0.347 e. The van der Waals surface area contributed by atoms with Crippen LogP contribution in [-0.4, -0.2) is 38.0 Å². The lowest BCUT2D eigenvalue weighted by Gasteiger charge is -2.23. The molecule has 0 aromatic carbocycles. The summed E-state index contributed by atoms with van der Waals surface area (Å²) in [6.45, 7) is 1.77. The van der Waals surface area contributed by atoms with Gasteiger partial charge in [0.05, 0.1) is 0 Å². The Balaban J connectivity index is 2.25. The molecule has 1 aliphatic rings. The van der Waals surface area contributed by atoms with E-state index in [1.165, 1.54) is 5.38 Å². The zero-order valence-electron chi connectivity index (χ0n) is 10.7. The van der Waals surface area contributed by atoms with Crippen LogP contribution in [0, 0.1) is 6.92 Å². The molecule has 1 saturated heterocycles. The van der Waals surface area contributed by atoms with Crippen LogP contribution in [-0.2, 0) is 14.8 Å². The van der Waals surface area contributed by atoms with E-state index >= 15 is 0 Å². The Bertz CT molecular complexity index is 640. The Morgan fingerprint density at radius 3 is 2.80 bits per heavy atom. The van der Waals surface area contributed by atoms with Gasteiger partial charge in [0.25, 0.3) is 0 Å². The van der Waals surface area contributed by atoms with Crippen LogP contribution in [0.4, 0.5) is 0 Å². The average Bonchev–Trinajstić information content (AvgIpc) is 2.75. The van der Waals surface area contributed by atoms with Gasteiger partial charge < -0.3 is 10.4 Å². The normalized spacial score (nSPS) is 19.6. The van der Waals surface area contributed by atoms with Gasteiger partial charge in [0.1, 0.15) is 9.77 Å². The third-order valence-corrected chi connectivity index (χ3v) is 5.89. The maximum absolute atomic E-state index is 12.3. The van der Waals surface area contributed by atoms with Gasteiger partial charge in [0.15, 0.2) is 0 Å². The van der Waals surface area contributed by atoms with Crippen molar-refractivity contribution in [2.75, 3.05) is 6.54 Å². The number of hydrogen-bond donors (Lipinski definition) is 3. The van der Waals surface area contributed by atoms with Gasteiger partial charge in [-0.25, -0.2) is 17.9 Å². The molecule has 2 heterocycles. The molecule has 1 atom stereocenters. The first kappa shape index (κ1) is 14.9. The lowest BCUT2D eigenvalue weighted by atomic mass is 10.1. The van der Waals surface area contributed by atoms with Crippen molar-refractivity contribution in [3.63, 3.8) is 0 Å². The molecule has 1 amide bonds. The topological polar surface area (TPSA) is 113 Å². The molecule has 20 heavy (non-hydrogen) atoms. The molecule has 7 nitrogen and oxygen atoms in total. The first-order valence-electron chi connectivity index (χ1n) is 5.91. The molecule has 0 radical (unpaired) electrons. The number of piperidine rings is 1. The van der Waals surface area contributed by atoms with Crippen molar-refractivity contribution in [3.8, 4) is 0 Å². The molecular formula is C11H14N2O5S2. The van der Waals surface area contributed by atoms with E-state index in [1.807, 2.05) is 0 Å². The number of aryl methyl sites for hydroxylation is 1. The van der Waals surface area contributed by atoms with E-state index in [0.29, 0.717) is 12.0 Å². The molecule has 1 aromatic rings. The summed E-state index contributed by atoms with van der Waals surface area (Å²) in [5, 5.41) is 13.1. The third-order valence-electron chi connectivity index (χ3n) is 2.97. The molecule has 1 aliphatic heterocycles. The van der Waals surface area contributed by atoms with Crippen LogP contribution in [0.15, 0.2) is 10.3 Å². The quantitative estimate of drug-likeness (QED) is 0.739. The van der Waals surface area contributed by atoms with Gasteiger partial charge in [-0.2, -0.15) is 0 Å². The number of rotatable bonds is 4. The highest BCUT2D eigenvalue weighted by Crippen LogP contribution is 2.27. The Hall–Kier alpha value is -1.45. The fourth-order valence-corrected chi connectivity index (χ4v) is 4.93. The SMILES string of the molecule is Cc1csc(C(=O)O)c1S(=O)(=O)NC1CCC(=O)NC1. The minimum Gasteiger partial charge on any atom is -0.477 e. The lowest BCUT2D eigenvalue weighted by Crippen LogP contribution is -2.47. The van der Waals surface area contributed by atoms with Gasteiger partial charge in [-0.05, 0) is 24.3 Å². The van der Waals surface area contributed by atoms with E-state index in [9.17, 15) is 18.0 Å². The average molecular weight is 318 g/mol. The molecule has 0 saturated carbocycles. The first-order chi connectivity index (χ1) is 9.31. The molecule has 0 bridgehead atoms. The number of carboxylic acid groups (broad SMARTS) is 1. The summed E-state index contributed by atoms with van der Waals surface area (Å²) in [7, 11) is -3.91. The van der Waals surface area contributed by atoms with Gasteiger partial charge in [-0.1, -0.05) is 0 Å². The Kier molecular flexibility index (Phi) is 4.11. The van der Waals surface area contributed by atoms with Crippen LogP contribution in [0.25, 0.3) is 0 Å². The van der Waals surface area contributed by atoms with Crippen LogP contribution in [0.5, 0.6) is 0 Å². The minimum atomic E-state index is -3.91. The third kappa shape index (κ3) is 3.00. The Labute approximate surface area is 120 Å². The molecule has 2 rings (SSSR count). The molecule has 110 valence electrons. The Morgan fingerprint density at radius 2 is 2.25 bits per heavy atom. The number of nitrogens with one attached hydrogen (secondary N) is 2. The van der Waals surface area contributed by atoms with Crippen molar-refractivity contribution in [1.82, 2.24) is 10.0 Å². The predicted octanol–water partition coefficient (Wildman–Crippen LogP) is 0.312. The predicted molar refractivity (Wildman–Crippen MR) is 72.4 cm³/mol. The summed E-state index contributed by atoms with van der Waals surface area (Å²) < 4.78 is 27.1. The number of aromatic carboxylic acids is 1. The van der Waals surface area contributed by atoms with Crippen molar-refractivity contribution in [2.24, 2.45) is 0 Å². The van der Waals surface area contributed by atoms with Crippen molar-refractivity contribution in [1.29, 1.82) is 0 Å². The second kappa shape index (κ2) is 5.51. The van der Waals surface area contributed by atoms with E-state index in [4.69, 9.17) is 5.11 Å². The van der Waals surface area contributed by atoms with Crippen LogP contribution < -0.4 is 10.0 Å². The van der Waals surface area contributed by atoms with Crippen LogP contribution in [0.1, 0.15) is 28.1 Å². The fourth-order valence-electron chi connectivity index (χ4n) is 2.03. The van der Waals surface area contributed by atoms with Crippen LogP contribution in [0.3, 0.4) is 0 Å². The largest absolute Gasteiger partial charge is 0.477 e. The van der Waals surface area contributed by atoms with Gasteiger partial charge in [0, 0.05) is 19.0 Å². The van der Waals surface area contributed by atoms with Gasteiger partial charge in [-0.3, -0.25) is 4.79 Å². The molecule has 3 N–H and O–H groups in total. The highest BCUT2D eigenvalue weighted by molar-refractivity contribution is 7.89. The fraction of sp³-hybridized carbons (Fsp3) is 0.455. The van der Waals surface area contributed by atoms with E-state index in [2.05, 4.69) is 10.0 Å². The second-order valence-corrected chi connectivity index (χ2v) is 7.07. The summed E-state index contributed by atoms with van der Waals surface area (Å²) in [5.74, 6) is -1.38. The first-order valence-corrected chi connectivity index (χ1v) is 8.28. The van der Waals surface area contributed by atoms with Crippen molar-refractivity contribution < 1.29 is 23.1 Å². The summed E-state index contributed by atoms with van der Waals surface area (Å²) in [6.07, 6.45) is 0.651. The van der Waals surface area contributed by atoms with Crippen LogP contribution in [0.2, 0.25) is 0 Å². The number of hydrogen-bond acceptors (Lipinski definition) is 5. The number of amides is 1. The number of sulfonamides is 1. The lowest BCUT2D eigenvalue weighted by molar-refractivity contribution is -0.122. The smallest absolute Gasteiger partial charge is 0.347 e. The zero-order chi connectivity index (χ0) is 14.9. The summed E-state index contributed by atoms with van der Waals surface area (Å²) in [5.41, 5.74) is 0.403. The number of carboxylic acids is 1. The molecule has 0 spiro atoms. The van der Waals surface area contributed by atoms with Crippen LogP contribution >= 0.6 is 11.3 Å². The summed E-state index contributed by atoms with van der Waals surface area (Å²) in [4.78, 5) is 21.7. The molecule has 1 fully saturated rings.